The summed E-state index contributed by atoms with van der Waals surface area (Å²) in [6, 6.07) is 11.2. The first-order valence-electron chi connectivity index (χ1n) is 4.67. The van der Waals surface area contributed by atoms with Gasteiger partial charge in [-0.1, -0.05) is 11.8 Å². The minimum atomic E-state index is 0.616. The molecule has 78 valence electrons. The van der Waals surface area contributed by atoms with E-state index in [9.17, 15) is 0 Å². The Labute approximate surface area is 97.9 Å². The molecule has 2 aromatic rings. The fourth-order valence-corrected chi connectivity index (χ4v) is 2.11. The fourth-order valence-electron chi connectivity index (χ4n) is 1.23. The zero-order valence-electron chi connectivity index (χ0n) is 8.42. The second kappa shape index (κ2) is 4.69. The van der Waals surface area contributed by atoms with Crippen LogP contribution in [0.5, 0.6) is 0 Å². The zero-order chi connectivity index (χ0) is 11.4. The van der Waals surface area contributed by atoms with Crippen molar-refractivity contribution in [3.05, 3.63) is 48.3 Å². The summed E-state index contributed by atoms with van der Waals surface area (Å²) in [5.74, 6) is 0. The van der Waals surface area contributed by atoms with Crippen LogP contribution in [0.1, 0.15) is 5.56 Å². The predicted octanol–water partition coefficient (Wildman–Crippen LogP) is 2.69. The third-order valence-electron chi connectivity index (χ3n) is 2.02. The largest absolute Gasteiger partial charge is 0.398 e. The molecule has 0 atom stereocenters. The lowest BCUT2D eigenvalue weighted by atomic mass is 10.2. The molecule has 0 unspecified atom stereocenters. The first kappa shape index (κ1) is 10.5. The topological polar surface area (TPSA) is 62.7 Å². The lowest BCUT2D eigenvalue weighted by Crippen LogP contribution is -1.89. The number of pyridine rings is 1. The molecule has 0 aliphatic rings. The summed E-state index contributed by atoms with van der Waals surface area (Å²) in [6.45, 7) is 0. The van der Waals surface area contributed by atoms with Gasteiger partial charge in [-0.25, -0.2) is 0 Å². The van der Waals surface area contributed by atoms with E-state index in [-0.39, 0.29) is 0 Å². The molecule has 0 spiro atoms. The molecule has 0 saturated heterocycles. The summed E-state index contributed by atoms with van der Waals surface area (Å²) in [4.78, 5) is 5.89. The van der Waals surface area contributed by atoms with Crippen LogP contribution in [-0.4, -0.2) is 4.98 Å². The number of hydrogen-bond donors (Lipinski definition) is 1. The number of nitrogens with two attached hydrogens (primary N) is 1. The van der Waals surface area contributed by atoms with Gasteiger partial charge in [0.25, 0.3) is 0 Å². The van der Waals surface area contributed by atoms with Gasteiger partial charge in [0, 0.05) is 27.9 Å². The van der Waals surface area contributed by atoms with Crippen LogP contribution in [0, 0.1) is 11.3 Å². The predicted molar refractivity (Wildman–Crippen MR) is 63.9 cm³/mol. The first-order valence-corrected chi connectivity index (χ1v) is 5.49. The van der Waals surface area contributed by atoms with Gasteiger partial charge in [-0.2, -0.15) is 5.26 Å². The Kier molecular flexibility index (Phi) is 3.08. The van der Waals surface area contributed by atoms with Gasteiger partial charge in [0.05, 0.1) is 11.6 Å². The van der Waals surface area contributed by atoms with Gasteiger partial charge in [-0.05, 0) is 30.3 Å². The zero-order valence-corrected chi connectivity index (χ0v) is 9.24. The van der Waals surface area contributed by atoms with Crippen LogP contribution in [0.25, 0.3) is 0 Å². The molecule has 0 aliphatic carbocycles. The Hall–Kier alpha value is -1.99. The van der Waals surface area contributed by atoms with E-state index in [1.807, 2.05) is 12.1 Å². The second-order valence-electron chi connectivity index (χ2n) is 3.15. The van der Waals surface area contributed by atoms with Crippen molar-refractivity contribution in [2.24, 2.45) is 0 Å². The summed E-state index contributed by atoms with van der Waals surface area (Å²) in [5, 5.41) is 8.81. The fraction of sp³-hybridized carbons (Fsp3) is 0. The van der Waals surface area contributed by atoms with Gasteiger partial charge < -0.3 is 5.73 Å². The van der Waals surface area contributed by atoms with Gasteiger partial charge in [0.2, 0.25) is 0 Å². The lowest BCUT2D eigenvalue weighted by Gasteiger charge is -2.05. The van der Waals surface area contributed by atoms with E-state index in [1.54, 1.807) is 30.6 Å². The van der Waals surface area contributed by atoms with Crippen LogP contribution in [0.15, 0.2) is 52.5 Å². The monoisotopic (exact) mass is 227 g/mol. The minimum Gasteiger partial charge on any atom is -0.398 e. The number of benzene rings is 1. The molecule has 4 heteroatoms. The van der Waals surface area contributed by atoms with Crippen molar-refractivity contribution in [3.63, 3.8) is 0 Å². The Balaban J connectivity index is 2.31. The SMILES string of the molecule is N#Cc1ccc(N)c(Sc2ccncc2)c1. The van der Waals surface area contributed by atoms with E-state index in [2.05, 4.69) is 11.1 Å². The molecule has 0 amide bonds. The van der Waals surface area contributed by atoms with E-state index in [0.29, 0.717) is 11.3 Å². The third-order valence-corrected chi connectivity index (χ3v) is 3.10. The van der Waals surface area contributed by atoms with E-state index < -0.39 is 0 Å². The Morgan fingerprint density at radius 2 is 1.94 bits per heavy atom. The maximum atomic E-state index is 8.81. The normalized spacial score (nSPS) is 9.69. The molecule has 0 aliphatic heterocycles. The Morgan fingerprint density at radius 3 is 2.62 bits per heavy atom. The van der Waals surface area contributed by atoms with Crippen LogP contribution in [0.4, 0.5) is 5.69 Å². The molecule has 16 heavy (non-hydrogen) atoms. The molecule has 0 radical (unpaired) electrons. The molecule has 1 heterocycles. The van der Waals surface area contributed by atoms with Gasteiger partial charge in [-0.15, -0.1) is 0 Å². The quantitative estimate of drug-likeness (QED) is 0.801. The molecule has 1 aromatic heterocycles. The summed E-state index contributed by atoms with van der Waals surface area (Å²) in [5.41, 5.74) is 7.14. The van der Waals surface area contributed by atoms with Crippen LogP contribution in [-0.2, 0) is 0 Å². The highest BCUT2D eigenvalue weighted by Crippen LogP contribution is 2.32. The second-order valence-corrected chi connectivity index (χ2v) is 4.26. The highest BCUT2D eigenvalue weighted by Gasteiger charge is 2.03. The highest BCUT2D eigenvalue weighted by molar-refractivity contribution is 7.99. The van der Waals surface area contributed by atoms with E-state index in [4.69, 9.17) is 11.0 Å². The van der Waals surface area contributed by atoms with Crippen molar-refractivity contribution in [3.8, 4) is 6.07 Å². The highest BCUT2D eigenvalue weighted by atomic mass is 32.2. The molecule has 0 saturated carbocycles. The maximum absolute atomic E-state index is 8.81. The number of nitrogens with zero attached hydrogens (tertiary/aromatic N) is 2. The van der Waals surface area contributed by atoms with Gasteiger partial charge in [0.1, 0.15) is 0 Å². The molecular formula is C12H9N3S. The number of anilines is 1. The number of hydrogen-bond acceptors (Lipinski definition) is 4. The summed E-state index contributed by atoms with van der Waals surface area (Å²) < 4.78 is 0. The molecule has 0 fully saturated rings. The van der Waals surface area contributed by atoms with Crippen molar-refractivity contribution in [1.82, 2.24) is 4.98 Å². The number of nitriles is 1. The van der Waals surface area contributed by atoms with E-state index in [1.165, 1.54) is 11.8 Å². The van der Waals surface area contributed by atoms with Crippen molar-refractivity contribution in [1.29, 1.82) is 5.26 Å². The number of nitrogen functional groups attached to an aromatic ring is 1. The summed E-state index contributed by atoms with van der Waals surface area (Å²) in [7, 11) is 0. The molecular weight excluding hydrogens is 218 g/mol. The molecule has 2 rings (SSSR count). The summed E-state index contributed by atoms with van der Waals surface area (Å²) in [6.07, 6.45) is 3.46. The standard InChI is InChI=1S/C12H9N3S/c13-8-9-1-2-11(14)12(7-9)16-10-3-5-15-6-4-10/h1-7H,14H2. The average molecular weight is 227 g/mol. The first-order chi connectivity index (χ1) is 7.79. The molecule has 3 nitrogen and oxygen atoms in total. The van der Waals surface area contributed by atoms with Crippen molar-refractivity contribution in [2.75, 3.05) is 5.73 Å². The molecule has 0 bridgehead atoms. The van der Waals surface area contributed by atoms with Gasteiger partial charge in [-0.3, -0.25) is 4.98 Å². The smallest absolute Gasteiger partial charge is 0.0992 e. The van der Waals surface area contributed by atoms with Gasteiger partial charge in [0.15, 0.2) is 0 Å². The maximum Gasteiger partial charge on any atom is 0.0992 e. The Bertz CT molecular complexity index is 532. The van der Waals surface area contributed by atoms with Crippen LogP contribution in [0.2, 0.25) is 0 Å². The average Bonchev–Trinajstić information content (AvgIpc) is 2.33. The summed E-state index contributed by atoms with van der Waals surface area (Å²) >= 11 is 1.53. The Morgan fingerprint density at radius 1 is 1.19 bits per heavy atom. The van der Waals surface area contributed by atoms with Crippen LogP contribution < -0.4 is 5.73 Å². The third kappa shape index (κ3) is 2.33. The van der Waals surface area contributed by atoms with Gasteiger partial charge >= 0.3 is 0 Å². The van der Waals surface area contributed by atoms with Crippen molar-refractivity contribution >= 4 is 17.4 Å². The van der Waals surface area contributed by atoms with Crippen LogP contribution >= 0.6 is 11.8 Å². The van der Waals surface area contributed by atoms with Crippen molar-refractivity contribution in [2.45, 2.75) is 9.79 Å². The lowest BCUT2D eigenvalue weighted by molar-refractivity contribution is 1.26. The van der Waals surface area contributed by atoms with Crippen molar-refractivity contribution < 1.29 is 0 Å². The van der Waals surface area contributed by atoms with Crippen LogP contribution in [0.3, 0.4) is 0 Å². The van der Waals surface area contributed by atoms with E-state index >= 15 is 0 Å². The van der Waals surface area contributed by atoms with E-state index in [0.717, 1.165) is 9.79 Å². The number of aromatic nitrogens is 1. The number of rotatable bonds is 2. The molecule has 1 aromatic carbocycles. The molecule has 2 N–H and O–H groups in total. The minimum absolute atomic E-state index is 0.616.